The molecule has 2 heterocycles. The van der Waals surface area contributed by atoms with Crippen molar-refractivity contribution in [3.05, 3.63) is 52.9 Å². The minimum absolute atomic E-state index is 0.105. The molecule has 4 rings (SSSR count). The molecule has 0 saturated carbocycles. The van der Waals surface area contributed by atoms with Crippen molar-refractivity contribution < 1.29 is 32.8 Å². The monoisotopic (exact) mass is 670 g/mol. The van der Waals surface area contributed by atoms with Crippen LogP contribution in [0.4, 0.5) is 10.5 Å². The SMILES string of the molecule is C#C[C@H]1CN(c2ccc(C(=O)NC3=C/C(=C/[NH2+]C)C(=N)C(CNS(C)(=O)=O)=C3)c3nc(OC)sc23)CC(C)N1C(=O)OC(C)(C)C. The number of piperazine rings is 1. The predicted molar refractivity (Wildman–Crippen MR) is 179 cm³/mol. The van der Waals surface area contributed by atoms with Crippen molar-refractivity contribution in [2.24, 2.45) is 0 Å². The van der Waals surface area contributed by atoms with Crippen LogP contribution in [0.15, 0.2) is 47.3 Å². The molecule has 246 valence electrons. The van der Waals surface area contributed by atoms with Gasteiger partial charge in [-0.05, 0) is 57.6 Å². The third kappa shape index (κ3) is 7.94. The molecule has 1 aliphatic carbocycles. The average molecular weight is 671 g/mol. The zero-order valence-electron chi connectivity index (χ0n) is 26.9. The smallest absolute Gasteiger partial charge is 0.411 e. The minimum Gasteiger partial charge on any atom is -0.473 e. The van der Waals surface area contributed by atoms with E-state index in [1.807, 2.05) is 33.8 Å². The van der Waals surface area contributed by atoms with Crippen LogP contribution in [0.25, 0.3) is 10.2 Å². The number of nitrogens with one attached hydrogen (secondary N) is 3. The van der Waals surface area contributed by atoms with E-state index in [2.05, 4.69) is 25.8 Å². The number of rotatable bonds is 8. The van der Waals surface area contributed by atoms with Crippen LogP contribution in [-0.2, 0) is 14.8 Å². The first-order chi connectivity index (χ1) is 21.5. The molecule has 1 saturated heterocycles. The van der Waals surface area contributed by atoms with Crippen molar-refractivity contribution in [1.29, 1.82) is 5.41 Å². The van der Waals surface area contributed by atoms with Gasteiger partial charge in [0.15, 0.2) is 0 Å². The van der Waals surface area contributed by atoms with E-state index in [9.17, 15) is 18.0 Å². The highest BCUT2D eigenvalue weighted by Gasteiger charge is 2.38. The van der Waals surface area contributed by atoms with Crippen molar-refractivity contribution in [3.8, 4) is 17.5 Å². The highest BCUT2D eigenvalue weighted by atomic mass is 32.2. The van der Waals surface area contributed by atoms with Gasteiger partial charge in [0, 0.05) is 18.8 Å². The number of terminal acetylenes is 1. The Morgan fingerprint density at radius 1 is 1.28 bits per heavy atom. The van der Waals surface area contributed by atoms with E-state index in [-0.39, 0.29) is 18.3 Å². The van der Waals surface area contributed by atoms with E-state index in [0.29, 0.717) is 50.9 Å². The molecular weight excluding hydrogens is 631 g/mol. The Bertz CT molecular complexity index is 1800. The number of methoxy groups -OCH3 is 1. The van der Waals surface area contributed by atoms with E-state index < -0.39 is 33.7 Å². The molecule has 46 heavy (non-hydrogen) atoms. The van der Waals surface area contributed by atoms with Gasteiger partial charge in [0.1, 0.15) is 23.4 Å². The molecule has 2 amide bonds. The Hall–Kier alpha value is -4.23. The lowest BCUT2D eigenvalue weighted by molar-refractivity contribution is -0.556. The summed E-state index contributed by atoms with van der Waals surface area (Å²) in [6.07, 6.45) is 11.4. The third-order valence-electron chi connectivity index (χ3n) is 7.13. The molecule has 1 aromatic carbocycles. The normalized spacial score (nSPS) is 19.9. The number of quaternary nitrogens is 1. The summed E-state index contributed by atoms with van der Waals surface area (Å²) in [5, 5.41) is 13.5. The zero-order chi connectivity index (χ0) is 34.0. The number of allylic oxidation sites excluding steroid dienone is 3. The Morgan fingerprint density at radius 2 is 2.00 bits per heavy atom. The van der Waals surface area contributed by atoms with Gasteiger partial charge in [0.25, 0.3) is 11.1 Å². The summed E-state index contributed by atoms with van der Waals surface area (Å²) in [5.74, 6) is 2.29. The van der Waals surface area contributed by atoms with Crippen LogP contribution in [-0.4, -0.2) is 93.7 Å². The number of carbonyl (C=O) groups excluding carboxylic acids is 2. The molecule has 2 aliphatic rings. The molecule has 2 aromatic rings. The zero-order valence-corrected chi connectivity index (χ0v) is 28.6. The first-order valence-electron chi connectivity index (χ1n) is 14.5. The van der Waals surface area contributed by atoms with Gasteiger partial charge in [-0.2, -0.15) is 0 Å². The fraction of sp³-hybridized carbons (Fsp3) is 0.419. The minimum atomic E-state index is -3.50. The summed E-state index contributed by atoms with van der Waals surface area (Å²) in [4.78, 5) is 35.0. The lowest BCUT2D eigenvalue weighted by Crippen LogP contribution is -2.73. The number of fused-ring (bicyclic) bond motifs is 1. The second-order valence-corrected chi connectivity index (χ2v) is 14.8. The third-order valence-corrected chi connectivity index (χ3v) is 8.84. The van der Waals surface area contributed by atoms with Crippen LogP contribution in [0.2, 0.25) is 0 Å². The van der Waals surface area contributed by atoms with Crippen molar-refractivity contribution in [1.82, 2.24) is 19.9 Å². The molecule has 0 radical (unpaired) electrons. The largest absolute Gasteiger partial charge is 0.473 e. The molecule has 1 fully saturated rings. The lowest BCUT2D eigenvalue weighted by Gasteiger charge is -2.44. The number of nitrogens with two attached hydrogens (primary N) is 1. The molecule has 1 aliphatic heterocycles. The summed E-state index contributed by atoms with van der Waals surface area (Å²) >= 11 is 1.29. The number of benzene rings is 1. The number of carbonyl (C=O) groups is 2. The van der Waals surface area contributed by atoms with E-state index in [1.54, 1.807) is 41.7 Å². The summed E-state index contributed by atoms with van der Waals surface area (Å²) in [6.45, 7) is 8.05. The molecule has 13 nitrogen and oxygen atoms in total. The predicted octanol–water partition coefficient (Wildman–Crippen LogP) is 1.95. The second-order valence-electron chi connectivity index (χ2n) is 12.0. The van der Waals surface area contributed by atoms with E-state index >= 15 is 0 Å². The average Bonchev–Trinajstić information content (AvgIpc) is 3.40. The highest BCUT2D eigenvalue weighted by molar-refractivity contribution is 7.88. The number of thiazole rings is 1. The molecule has 0 bridgehead atoms. The molecule has 2 atom stereocenters. The number of nitrogens with zero attached hydrogens (tertiary/aromatic N) is 3. The summed E-state index contributed by atoms with van der Waals surface area (Å²) in [5.41, 5.74) is 2.32. The number of anilines is 1. The quantitative estimate of drug-likeness (QED) is 0.309. The van der Waals surface area contributed by atoms with Gasteiger partial charge in [0.2, 0.25) is 10.0 Å². The Morgan fingerprint density at radius 3 is 2.61 bits per heavy atom. The molecule has 15 heteroatoms. The van der Waals surface area contributed by atoms with Gasteiger partial charge in [-0.1, -0.05) is 17.3 Å². The maximum atomic E-state index is 13.7. The maximum Gasteiger partial charge on any atom is 0.411 e. The van der Waals surface area contributed by atoms with Crippen molar-refractivity contribution in [2.45, 2.75) is 45.4 Å². The Kier molecular flexibility index (Phi) is 10.3. The number of sulfonamides is 1. The number of amides is 2. The maximum absolute atomic E-state index is 13.7. The fourth-order valence-electron chi connectivity index (χ4n) is 5.19. The molecule has 1 aromatic heterocycles. The lowest BCUT2D eigenvalue weighted by atomic mass is 9.96. The number of aromatic nitrogens is 1. The van der Waals surface area contributed by atoms with E-state index in [0.717, 1.165) is 11.9 Å². The van der Waals surface area contributed by atoms with Crippen LogP contribution >= 0.6 is 11.3 Å². The van der Waals surface area contributed by atoms with Gasteiger partial charge >= 0.3 is 6.09 Å². The molecule has 5 N–H and O–H groups in total. The molecular formula is C31H40N7O6S2+. The van der Waals surface area contributed by atoms with Crippen LogP contribution in [0.5, 0.6) is 5.19 Å². The first kappa shape index (κ1) is 34.6. The van der Waals surface area contributed by atoms with Crippen LogP contribution < -0.4 is 25.0 Å². The molecule has 0 spiro atoms. The molecule has 1 unspecified atom stereocenters. The second kappa shape index (κ2) is 13.6. The number of hydrogen-bond acceptors (Lipinski definition) is 10. The van der Waals surface area contributed by atoms with Crippen molar-refractivity contribution >= 4 is 55.0 Å². The van der Waals surface area contributed by atoms with Crippen LogP contribution in [0, 0.1) is 17.8 Å². The van der Waals surface area contributed by atoms with Gasteiger partial charge in [-0.25, -0.2) is 22.9 Å². The van der Waals surface area contributed by atoms with Gasteiger partial charge in [-0.15, -0.1) is 6.42 Å². The van der Waals surface area contributed by atoms with Crippen LogP contribution in [0.3, 0.4) is 0 Å². The fourth-order valence-corrected chi connectivity index (χ4v) is 6.55. The summed E-state index contributed by atoms with van der Waals surface area (Å²) in [6, 6.07) is 2.69. The topological polar surface area (TPSA) is 171 Å². The summed E-state index contributed by atoms with van der Waals surface area (Å²) < 4.78 is 37.6. The van der Waals surface area contributed by atoms with E-state index in [4.69, 9.17) is 21.3 Å². The Balaban J connectivity index is 1.66. The Labute approximate surface area is 273 Å². The number of ether oxygens (including phenoxy) is 2. The van der Waals surface area contributed by atoms with Crippen molar-refractivity contribution in [2.75, 3.05) is 44.9 Å². The van der Waals surface area contributed by atoms with Crippen molar-refractivity contribution in [3.63, 3.8) is 0 Å². The first-order valence-corrected chi connectivity index (χ1v) is 17.2. The number of hydrogen-bond donors (Lipinski definition) is 4. The highest BCUT2D eigenvalue weighted by Crippen LogP contribution is 2.39. The van der Waals surface area contributed by atoms with Crippen LogP contribution in [0.1, 0.15) is 38.1 Å². The summed E-state index contributed by atoms with van der Waals surface area (Å²) in [7, 11) is -0.196. The van der Waals surface area contributed by atoms with E-state index in [1.165, 1.54) is 18.4 Å². The van der Waals surface area contributed by atoms with Gasteiger partial charge in [0.05, 0.1) is 60.2 Å². The standard InChI is InChI=1S/C31H39N7O6S2/c1-9-22-17-37(16-18(2)38(22)30(40)44-31(3,4)5)24-11-10-23(26-27(24)45-29(36-26)43-7)28(39)35-21-12-19(14-33-6)25(32)20(13-21)15-34-46(8,41)42/h1,10-14,18,22,32-34H,15-17H2,2-8H3,(H,35,39)/p+1/b19-14-,32-25?/t18?,22-/m0/s1. The van der Waals surface area contributed by atoms with Gasteiger partial charge < -0.3 is 25.0 Å². The van der Waals surface area contributed by atoms with Gasteiger partial charge in [-0.3, -0.25) is 15.1 Å².